The van der Waals surface area contributed by atoms with Gasteiger partial charge in [-0.1, -0.05) is 0 Å². The Morgan fingerprint density at radius 1 is 1.36 bits per heavy atom. The van der Waals surface area contributed by atoms with E-state index in [1.165, 1.54) is 0 Å². The minimum atomic E-state index is -0.739. The van der Waals surface area contributed by atoms with E-state index in [0.29, 0.717) is 6.61 Å². The summed E-state index contributed by atoms with van der Waals surface area (Å²) in [7, 11) is 0. The van der Waals surface area contributed by atoms with Gasteiger partial charge in [0.1, 0.15) is 6.23 Å². The Morgan fingerprint density at radius 2 is 2.27 bits per heavy atom. The number of aliphatic carboxylic acids is 1. The molecular weight excluding hydrogens is 304 g/mol. The lowest BCUT2D eigenvalue weighted by Crippen LogP contribution is -2.51. The summed E-state index contributed by atoms with van der Waals surface area (Å²) in [6.45, 7) is 3.16. The molecule has 0 radical (unpaired) electrons. The van der Waals surface area contributed by atoms with E-state index in [1.54, 1.807) is 11.8 Å². The zero-order chi connectivity index (χ0) is 15.1. The molecule has 4 rings (SSSR count). The molecule has 0 aromatic heterocycles. The molecule has 2 bridgehead atoms. The lowest BCUT2D eigenvalue weighted by molar-refractivity contribution is -0.147. The van der Waals surface area contributed by atoms with E-state index < -0.39 is 11.9 Å². The molecule has 22 heavy (non-hydrogen) atoms. The SMILES string of the molecule is O=C(O)C1C(NC2CCCCO2)SC2=CN3CCOC(C3)C21. The van der Waals surface area contributed by atoms with Crippen LogP contribution in [0.2, 0.25) is 0 Å². The molecule has 122 valence electrons. The van der Waals surface area contributed by atoms with Crippen LogP contribution < -0.4 is 5.32 Å². The zero-order valence-corrected chi connectivity index (χ0v) is 13.3. The quantitative estimate of drug-likeness (QED) is 0.803. The number of carboxylic acids is 1. The van der Waals surface area contributed by atoms with Crippen molar-refractivity contribution in [3.63, 3.8) is 0 Å². The van der Waals surface area contributed by atoms with Crippen LogP contribution in [0.5, 0.6) is 0 Å². The van der Waals surface area contributed by atoms with Gasteiger partial charge in [-0.15, -0.1) is 11.8 Å². The molecule has 2 N–H and O–H groups in total. The van der Waals surface area contributed by atoms with E-state index in [4.69, 9.17) is 9.47 Å². The number of rotatable bonds is 3. The van der Waals surface area contributed by atoms with E-state index >= 15 is 0 Å². The lowest BCUT2D eigenvalue weighted by atomic mass is 9.84. The molecule has 3 fully saturated rings. The number of ether oxygens (including phenoxy) is 2. The molecule has 0 aromatic rings. The predicted molar refractivity (Wildman–Crippen MR) is 82.1 cm³/mol. The third-order valence-corrected chi connectivity index (χ3v) is 6.29. The van der Waals surface area contributed by atoms with Gasteiger partial charge in [0.15, 0.2) is 0 Å². The highest BCUT2D eigenvalue weighted by atomic mass is 32.2. The fourth-order valence-corrected chi connectivity index (χ4v) is 5.49. The minimum Gasteiger partial charge on any atom is -0.481 e. The van der Waals surface area contributed by atoms with Crippen LogP contribution in [0.15, 0.2) is 11.1 Å². The normalized spacial score (nSPS) is 41.0. The van der Waals surface area contributed by atoms with E-state index in [-0.39, 0.29) is 23.6 Å². The minimum absolute atomic E-state index is 0.00132. The lowest BCUT2D eigenvalue weighted by Gasteiger charge is -2.41. The summed E-state index contributed by atoms with van der Waals surface area (Å²) < 4.78 is 11.6. The van der Waals surface area contributed by atoms with Crippen molar-refractivity contribution in [1.82, 2.24) is 10.2 Å². The number of hydrogen-bond donors (Lipinski definition) is 2. The maximum atomic E-state index is 11.9. The maximum absolute atomic E-state index is 11.9. The van der Waals surface area contributed by atoms with Gasteiger partial charge in [-0.25, -0.2) is 0 Å². The topological polar surface area (TPSA) is 71.0 Å². The molecule has 4 aliphatic rings. The van der Waals surface area contributed by atoms with Crippen molar-refractivity contribution >= 4 is 17.7 Å². The highest BCUT2D eigenvalue weighted by molar-refractivity contribution is 8.04. The first kappa shape index (κ1) is 14.8. The number of carboxylic acid groups (broad SMARTS) is 1. The third kappa shape index (κ3) is 2.64. The Labute approximate surface area is 134 Å². The van der Waals surface area contributed by atoms with Crippen LogP contribution >= 0.6 is 11.8 Å². The summed E-state index contributed by atoms with van der Waals surface area (Å²) in [5.74, 6) is -1.22. The highest BCUT2D eigenvalue weighted by Gasteiger charge is 2.52. The Hall–Kier alpha value is -0.760. The summed E-state index contributed by atoms with van der Waals surface area (Å²) in [5.41, 5.74) is 0. The number of nitrogens with zero attached hydrogens (tertiary/aromatic N) is 1. The second-order valence-corrected chi connectivity index (χ2v) is 7.60. The average Bonchev–Trinajstić information content (AvgIpc) is 2.87. The van der Waals surface area contributed by atoms with Crippen molar-refractivity contribution < 1.29 is 19.4 Å². The molecule has 7 heteroatoms. The average molecular weight is 326 g/mol. The second kappa shape index (κ2) is 6.03. The second-order valence-electron chi connectivity index (χ2n) is 6.39. The Balaban J connectivity index is 1.55. The summed E-state index contributed by atoms with van der Waals surface area (Å²) >= 11 is 1.65. The monoisotopic (exact) mass is 326 g/mol. The number of fused-ring (bicyclic) bond motifs is 4. The van der Waals surface area contributed by atoms with Crippen LogP contribution in [0.4, 0.5) is 0 Å². The molecular formula is C15H22N2O4S. The molecule has 5 unspecified atom stereocenters. The molecule has 4 heterocycles. The van der Waals surface area contributed by atoms with Gasteiger partial charge in [0.05, 0.1) is 24.0 Å². The summed E-state index contributed by atoms with van der Waals surface area (Å²) in [6.07, 6.45) is 5.32. The zero-order valence-electron chi connectivity index (χ0n) is 12.4. The maximum Gasteiger partial charge on any atom is 0.309 e. The van der Waals surface area contributed by atoms with Gasteiger partial charge in [-0.05, 0) is 19.3 Å². The van der Waals surface area contributed by atoms with Crippen LogP contribution in [0, 0.1) is 11.8 Å². The van der Waals surface area contributed by atoms with Crippen molar-refractivity contribution in [3.8, 4) is 0 Å². The molecule has 3 saturated heterocycles. The Kier molecular flexibility index (Phi) is 4.06. The largest absolute Gasteiger partial charge is 0.481 e. The number of carbonyl (C=O) groups is 1. The first-order chi connectivity index (χ1) is 10.7. The van der Waals surface area contributed by atoms with Crippen molar-refractivity contribution in [1.29, 1.82) is 0 Å². The highest BCUT2D eigenvalue weighted by Crippen LogP contribution is 2.50. The van der Waals surface area contributed by atoms with Crippen LogP contribution in [0.25, 0.3) is 0 Å². The standard InChI is InChI=1S/C15H22N2O4S/c18-15(19)13-12-9-7-17(4-6-20-9)8-10(12)22-14(13)16-11-3-1-2-5-21-11/h8-9,11-14,16H,1-7H2,(H,18,19). The first-order valence-electron chi connectivity index (χ1n) is 8.07. The van der Waals surface area contributed by atoms with Crippen molar-refractivity contribution in [2.45, 2.75) is 37.0 Å². The predicted octanol–water partition coefficient (Wildman–Crippen LogP) is 1.05. The van der Waals surface area contributed by atoms with Gasteiger partial charge in [0, 0.05) is 36.7 Å². The number of morpholine rings is 1. The molecule has 0 amide bonds. The van der Waals surface area contributed by atoms with Crippen LogP contribution in [-0.4, -0.2) is 60.0 Å². The van der Waals surface area contributed by atoms with E-state index in [2.05, 4.69) is 16.4 Å². The molecule has 0 aliphatic carbocycles. The summed E-state index contributed by atoms with van der Waals surface area (Å²) in [5, 5.41) is 13.1. The first-order valence-corrected chi connectivity index (χ1v) is 8.95. The van der Waals surface area contributed by atoms with Crippen LogP contribution in [-0.2, 0) is 14.3 Å². The number of thioether (sulfide) groups is 1. The number of nitrogens with one attached hydrogen (secondary N) is 1. The molecule has 0 saturated carbocycles. The fraction of sp³-hybridized carbons (Fsp3) is 0.800. The van der Waals surface area contributed by atoms with Gasteiger partial charge in [0.2, 0.25) is 0 Å². The van der Waals surface area contributed by atoms with E-state index in [1.807, 2.05) is 0 Å². The van der Waals surface area contributed by atoms with E-state index in [9.17, 15) is 9.90 Å². The molecule has 4 aliphatic heterocycles. The van der Waals surface area contributed by atoms with Gasteiger partial charge < -0.3 is 19.5 Å². The summed E-state index contributed by atoms with van der Waals surface area (Å²) in [6, 6.07) is 0. The van der Waals surface area contributed by atoms with E-state index in [0.717, 1.165) is 43.9 Å². The van der Waals surface area contributed by atoms with Gasteiger partial charge in [-0.3, -0.25) is 10.1 Å². The van der Waals surface area contributed by atoms with Gasteiger partial charge in [0.25, 0.3) is 0 Å². The van der Waals surface area contributed by atoms with Crippen LogP contribution in [0.3, 0.4) is 0 Å². The summed E-state index contributed by atoms with van der Waals surface area (Å²) in [4.78, 5) is 15.3. The molecule has 6 nitrogen and oxygen atoms in total. The van der Waals surface area contributed by atoms with Gasteiger partial charge in [-0.2, -0.15) is 0 Å². The van der Waals surface area contributed by atoms with Crippen molar-refractivity contribution in [2.24, 2.45) is 11.8 Å². The Bertz CT molecular complexity index is 480. The molecule has 0 spiro atoms. The smallest absolute Gasteiger partial charge is 0.309 e. The fourth-order valence-electron chi connectivity index (χ4n) is 3.88. The molecule has 0 aromatic carbocycles. The van der Waals surface area contributed by atoms with Crippen molar-refractivity contribution in [3.05, 3.63) is 11.1 Å². The van der Waals surface area contributed by atoms with Crippen LogP contribution in [0.1, 0.15) is 19.3 Å². The molecule has 5 atom stereocenters. The third-order valence-electron chi connectivity index (χ3n) is 4.95. The number of hydrogen-bond acceptors (Lipinski definition) is 6. The van der Waals surface area contributed by atoms with Gasteiger partial charge >= 0.3 is 5.97 Å². The van der Waals surface area contributed by atoms with Crippen molar-refractivity contribution in [2.75, 3.05) is 26.3 Å². The Morgan fingerprint density at radius 3 is 3.05 bits per heavy atom.